The van der Waals surface area contributed by atoms with Gasteiger partial charge in [-0.25, -0.2) is 0 Å². The molecule has 0 aliphatic heterocycles. The molecule has 1 aliphatic carbocycles. The molecular weight excluding hydrogens is 255 g/mol. The zero-order valence-corrected chi connectivity index (χ0v) is 10.6. The lowest BCUT2D eigenvalue weighted by atomic mass is 9.84. The first kappa shape index (κ1) is 13.9. The van der Waals surface area contributed by atoms with Crippen LogP contribution in [0.4, 0.5) is 13.2 Å². The van der Waals surface area contributed by atoms with Crippen LogP contribution in [0.2, 0.25) is 0 Å². The van der Waals surface area contributed by atoms with Crippen LogP contribution >= 0.6 is 0 Å². The molecule has 0 heterocycles. The van der Waals surface area contributed by atoms with Gasteiger partial charge in [-0.1, -0.05) is 18.6 Å². The molecule has 0 saturated heterocycles. The number of carbonyl (C=O) groups excluding carboxylic acids is 1. The molecule has 0 aromatic heterocycles. The first-order chi connectivity index (χ1) is 8.88. The van der Waals surface area contributed by atoms with Crippen LogP contribution in [-0.2, 0) is 11.0 Å². The van der Waals surface area contributed by atoms with Gasteiger partial charge in [-0.2, -0.15) is 13.2 Å². The largest absolute Gasteiger partial charge is 0.416 e. The van der Waals surface area contributed by atoms with E-state index in [0.29, 0.717) is 5.56 Å². The first-order valence-corrected chi connectivity index (χ1v) is 6.35. The van der Waals surface area contributed by atoms with Crippen molar-refractivity contribution in [3.05, 3.63) is 35.4 Å². The topological polar surface area (TPSA) is 29.1 Å². The predicted molar refractivity (Wildman–Crippen MR) is 65.3 cm³/mol. The van der Waals surface area contributed by atoms with Crippen LogP contribution in [-0.4, -0.2) is 5.91 Å². The van der Waals surface area contributed by atoms with Crippen LogP contribution in [0.15, 0.2) is 24.3 Å². The summed E-state index contributed by atoms with van der Waals surface area (Å²) in [7, 11) is 0. The van der Waals surface area contributed by atoms with Gasteiger partial charge in [0.25, 0.3) is 0 Å². The number of halogens is 3. The minimum absolute atomic E-state index is 0.00125. The molecule has 1 atom stereocenters. The van der Waals surface area contributed by atoms with E-state index in [0.717, 1.165) is 31.4 Å². The molecule has 1 N–H and O–H groups in total. The van der Waals surface area contributed by atoms with E-state index in [1.165, 1.54) is 12.1 Å². The predicted octanol–water partition coefficient (Wildman–Crippen LogP) is 3.68. The smallest absolute Gasteiger partial charge is 0.349 e. The molecule has 1 amide bonds. The van der Waals surface area contributed by atoms with Gasteiger partial charge in [-0.05, 0) is 37.5 Å². The Morgan fingerprint density at radius 2 is 1.84 bits per heavy atom. The Labute approximate surface area is 110 Å². The Hall–Kier alpha value is -1.52. The Morgan fingerprint density at radius 3 is 2.26 bits per heavy atom. The van der Waals surface area contributed by atoms with Crippen molar-refractivity contribution in [1.82, 2.24) is 5.32 Å². The van der Waals surface area contributed by atoms with Gasteiger partial charge in [0.05, 0.1) is 11.6 Å². The fourth-order valence-electron chi connectivity index (χ4n) is 2.05. The quantitative estimate of drug-likeness (QED) is 0.892. The average molecular weight is 271 g/mol. The van der Waals surface area contributed by atoms with E-state index in [4.69, 9.17) is 0 Å². The third-order valence-electron chi connectivity index (χ3n) is 3.57. The van der Waals surface area contributed by atoms with Crippen molar-refractivity contribution in [3.8, 4) is 0 Å². The number of hydrogen-bond acceptors (Lipinski definition) is 1. The number of alkyl halides is 3. The summed E-state index contributed by atoms with van der Waals surface area (Å²) in [5, 5.41) is 2.84. The molecule has 2 rings (SSSR count). The van der Waals surface area contributed by atoms with Crippen LogP contribution in [0, 0.1) is 5.92 Å². The van der Waals surface area contributed by atoms with Crippen molar-refractivity contribution >= 4 is 5.91 Å². The molecular formula is C14H16F3NO. The molecule has 104 valence electrons. The molecule has 5 heteroatoms. The summed E-state index contributed by atoms with van der Waals surface area (Å²) >= 11 is 0. The minimum Gasteiger partial charge on any atom is -0.349 e. The summed E-state index contributed by atoms with van der Waals surface area (Å²) in [6.45, 7) is 1.78. The SMILES string of the molecule is C[C@@H](NC(=O)C1CCC1)c1ccc(C(F)(F)F)cc1. The van der Waals surface area contributed by atoms with Crippen LogP contribution in [0.1, 0.15) is 43.4 Å². The summed E-state index contributed by atoms with van der Waals surface area (Å²) in [5.41, 5.74) is 0.00874. The molecule has 0 spiro atoms. The van der Waals surface area contributed by atoms with Gasteiger partial charge >= 0.3 is 6.18 Å². The number of amides is 1. The van der Waals surface area contributed by atoms with Crippen molar-refractivity contribution in [1.29, 1.82) is 0 Å². The summed E-state index contributed by atoms with van der Waals surface area (Å²) in [6, 6.07) is 4.64. The van der Waals surface area contributed by atoms with E-state index in [9.17, 15) is 18.0 Å². The molecule has 1 fully saturated rings. The highest BCUT2D eigenvalue weighted by molar-refractivity contribution is 5.79. The van der Waals surface area contributed by atoms with E-state index in [-0.39, 0.29) is 17.9 Å². The lowest BCUT2D eigenvalue weighted by Gasteiger charge is -2.26. The molecule has 19 heavy (non-hydrogen) atoms. The van der Waals surface area contributed by atoms with Gasteiger partial charge in [-0.15, -0.1) is 0 Å². The third kappa shape index (κ3) is 3.28. The van der Waals surface area contributed by atoms with E-state index in [2.05, 4.69) is 5.32 Å². The Morgan fingerprint density at radius 1 is 1.26 bits per heavy atom. The average Bonchev–Trinajstić information content (AvgIpc) is 2.25. The molecule has 0 radical (unpaired) electrons. The van der Waals surface area contributed by atoms with Crippen LogP contribution in [0.3, 0.4) is 0 Å². The monoisotopic (exact) mass is 271 g/mol. The third-order valence-corrected chi connectivity index (χ3v) is 3.57. The number of nitrogens with one attached hydrogen (secondary N) is 1. The second-order valence-corrected chi connectivity index (χ2v) is 4.98. The van der Waals surface area contributed by atoms with E-state index < -0.39 is 11.7 Å². The van der Waals surface area contributed by atoms with Crippen molar-refractivity contribution < 1.29 is 18.0 Å². The molecule has 0 unspecified atom stereocenters. The van der Waals surface area contributed by atoms with Crippen molar-refractivity contribution in [2.45, 2.75) is 38.4 Å². The molecule has 2 nitrogen and oxygen atoms in total. The highest BCUT2D eigenvalue weighted by Crippen LogP contribution is 2.30. The second kappa shape index (κ2) is 5.23. The zero-order valence-electron chi connectivity index (χ0n) is 10.6. The summed E-state index contributed by atoms with van der Waals surface area (Å²) in [5.74, 6) is 0.0792. The first-order valence-electron chi connectivity index (χ1n) is 6.35. The maximum absolute atomic E-state index is 12.4. The Bertz CT molecular complexity index is 449. The molecule has 1 saturated carbocycles. The minimum atomic E-state index is -4.32. The summed E-state index contributed by atoms with van der Waals surface area (Å²) in [6.07, 6.45) is -1.43. The summed E-state index contributed by atoms with van der Waals surface area (Å²) < 4.78 is 37.3. The van der Waals surface area contributed by atoms with Crippen LogP contribution < -0.4 is 5.32 Å². The molecule has 0 bridgehead atoms. The maximum Gasteiger partial charge on any atom is 0.416 e. The molecule has 1 aromatic carbocycles. The maximum atomic E-state index is 12.4. The van der Waals surface area contributed by atoms with Crippen LogP contribution in [0.5, 0.6) is 0 Å². The fraction of sp³-hybridized carbons (Fsp3) is 0.500. The van der Waals surface area contributed by atoms with Crippen molar-refractivity contribution in [3.63, 3.8) is 0 Å². The number of hydrogen-bond donors (Lipinski definition) is 1. The highest BCUT2D eigenvalue weighted by atomic mass is 19.4. The van der Waals surface area contributed by atoms with Gasteiger partial charge in [0.15, 0.2) is 0 Å². The number of rotatable bonds is 3. The van der Waals surface area contributed by atoms with E-state index >= 15 is 0 Å². The fourth-order valence-corrected chi connectivity index (χ4v) is 2.05. The Kier molecular flexibility index (Phi) is 3.83. The Balaban J connectivity index is 1.99. The van der Waals surface area contributed by atoms with Gasteiger partial charge in [-0.3, -0.25) is 4.79 Å². The summed E-state index contributed by atoms with van der Waals surface area (Å²) in [4.78, 5) is 11.7. The number of benzene rings is 1. The highest BCUT2D eigenvalue weighted by Gasteiger charge is 2.30. The molecule has 1 aliphatic rings. The van der Waals surface area contributed by atoms with Crippen molar-refractivity contribution in [2.75, 3.05) is 0 Å². The van der Waals surface area contributed by atoms with E-state index in [1.54, 1.807) is 6.92 Å². The second-order valence-electron chi connectivity index (χ2n) is 4.98. The van der Waals surface area contributed by atoms with Crippen molar-refractivity contribution in [2.24, 2.45) is 5.92 Å². The zero-order chi connectivity index (χ0) is 14.0. The van der Waals surface area contributed by atoms with Crippen LogP contribution in [0.25, 0.3) is 0 Å². The van der Waals surface area contributed by atoms with E-state index in [1.807, 2.05) is 0 Å². The lowest BCUT2D eigenvalue weighted by molar-refractivity contribution is -0.137. The van der Waals surface area contributed by atoms with Gasteiger partial charge in [0.1, 0.15) is 0 Å². The molecule has 1 aromatic rings. The van der Waals surface area contributed by atoms with Gasteiger partial charge < -0.3 is 5.32 Å². The lowest BCUT2D eigenvalue weighted by Crippen LogP contribution is -2.35. The van der Waals surface area contributed by atoms with Gasteiger partial charge in [0.2, 0.25) is 5.91 Å². The standard InChI is InChI=1S/C14H16F3NO/c1-9(18-13(19)11-3-2-4-11)10-5-7-12(8-6-10)14(15,16)17/h5-9,11H,2-4H2,1H3,(H,18,19)/t9-/m1/s1. The van der Waals surface area contributed by atoms with Gasteiger partial charge in [0, 0.05) is 5.92 Å². The number of carbonyl (C=O) groups is 1. The normalized spacial score (nSPS) is 17.7.